The quantitative estimate of drug-likeness (QED) is 0.529. The molecule has 2 aromatic rings. The maximum absolute atomic E-state index is 12.4. The summed E-state index contributed by atoms with van der Waals surface area (Å²) in [6.45, 7) is 3.90. The number of rotatable bonds is 2. The van der Waals surface area contributed by atoms with E-state index in [0.717, 1.165) is 24.9 Å². The minimum atomic E-state index is -0.151. The molecule has 2 rings (SSSR count). The van der Waals surface area contributed by atoms with Crippen LogP contribution in [-0.4, -0.2) is 5.91 Å². The van der Waals surface area contributed by atoms with Gasteiger partial charge in [-0.1, -0.05) is 6.07 Å². The number of amides is 1. The molecule has 0 aliphatic rings. The molecule has 0 atom stereocenters. The van der Waals surface area contributed by atoms with Crippen molar-refractivity contribution < 1.29 is 4.79 Å². The molecule has 5 heteroatoms. The first kappa shape index (κ1) is 15.3. The highest BCUT2D eigenvalue weighted by molar-refractivity contribution is 14.1. The van der Waals surface area contributed by atoms with E-state index >= 15 is 0 Å². The molecule has 0 saturated carbocycles. The van der Waals surface area contributed by atoms with Crippen molar-refractivity contribution in [1.29, 1.82) is 0 Å². The zero-order chi connectivity index (χ0) is 14.9. The lowest BCUT2D eigenvalue weighted by molar-refractivity contribution is 0.102. The van der Waals surface area contributed by atoms with Gasteiger partial charge in [-0.2, -0.15) is 0 Å². The van der Waals surface area contributed by atoms with Crippen LogP contribution >= 0.6 is 38.5 Å². The van der Waals surface area contributed by atoms with Crippen LogP contribution in [0.15, 0.2) is 34.8 Å². The van der Waals surface area contributed by atoms with Crippen LogP contribution in [0.4, 0.5) is 11.4 Å². The molecule has 0 heterocycles. The van der Waals surface area contributed by atoms with Crippen molar-refractivity contribution in [2.75, 3.05) is 11.1 Å². The van der Waals surface area contributed by atoms with Gasteiger partial charge in [0.05, 0.1) is 5.56 Å². The fraction of sp³-hybridized carbons (Fsp3) is 0.133. The highest BCUT2D eigenvalue weighted by Gasteiger charge is 2.12. The van der Waals surface area contributed by atoms with Gasteiger partial charge in [0.1, 0.15) is 0 Å². The van der Waals surface area contributed by atoms with Crippen LogP contribution in [0.2, 0.25) is 0 Å². The van der Waals surface area contributed by atoms with Crippen LogP contribution in [0, 0.1) is 17.4 Å². The molecule has 0 bridgehead atoms. The molecule has 3 nitrogen and oxygen atoms in total. The third-order valence-corrected chi connectivity index (χ3v) is 4.40. The van der Waals surface area contributed by atoms with E-state index < -0.39 is 0 Å². The van der Waals surface area contributed by atoms with Crippen molar-refractivity contribution >= 4 is 55.8 Å². The second-order valence-corrected chi connectivity index (χ2v) is 6.70. The maximum atomic E-state index is 12.4. The maximum Gasteiger partial charge on any atom is 0.256 e. The third kappa shape index (κ3) is 3.32. The zero-order valence-corrected chi connectivity index (χ0v) is 14.9. The lowest BCUT2D eigenvalue weighted by Gasteiger charge is -2.12. The smallest absolute Gasteiger partial charge is 0.256 e. The molecule has 0 aliphatic carbocycles. The Bertz CT molecular complexity index is 686. The Morgan fingerprint density at radius 3 is 2.60 bits per heavy atom. The first-order valence-corrected chi connectivity index (χ1v) is 7.89. The van der Waals surface area contributed by atoms with Crippen LogP contribution in [0.5, 0.6) is 0 Å². The Kier molecular flexibility index (Phi) is 4.70. The molecule has 0 radical (unpaired) electrons. The number of hydrogen-bond donors (Lipinski definition) is 2. The van der Waals surface area contributed by atoms with Crippen molar-refractivity contribution in [2.24, 2.45) is 0 Å². The summed E-state index contributed by atoms with van der Waals surface area (Å²) in [5, 5.41) is 2.91. The molecule has 3 N–H and O–H groups in total. The number of carbonyl (C=O) groups is 1. The second-order valence-electron chi connectivity index (χ2n) is 4.60. The monoisotopic (exact) mass is 444 g/mol. The van der Waals surface area contributed by atoms with E-state index in [1.807, 2.05) is 38.1 Å². The zero-order valence-electron chi connectivity index (χ0n) is 11.1. The Morgan fingerprint density at radius 2 is 1.90 bits per heavy atom. The highest BCUT2D eigenvalue weighted by atomic mass is 127. The van der Waals surface area contributed by atoms with E-state index in [4.69, 9.17) is 5.73 Å². The SMILES string of the molecule is Cc1cc(C)c(NC(=O)c2cc(I)ccc2Br)cc1N. The van der Waals surface area contributed by atoms with Crippen molar-refractivity contribution in [3.05, 3.63) is 55.1 Å². The fourth-order valence-corrected chi connectivity index (χ4v) is 2.78. The van der Waals surface area contributed by atoms with Crippen LogP contribution in [-0.2, 0) is 0 Å². The van der Waals surface area contributed by atoms with Gasteiger partial charge in [0.25, 0.3) is 5.91 Å². The average molecular weight is 445 g/mol. The number of carbonyl (C=O) groups excluding carboxylic acids is 1. The first-order chi connectivity index (χ1) is 9.38. The highest BCUT2D eigenvalue weighted by Crippen LogP contribution is 2.25. The minimum Gasteiger partial charge on any atom is -0.398 e. The molecule has 0 aliphatic heterocycles. The van der Waals surface area contributed by atoms with Gasteiger partial charge in [-0.15, -0.1) is 0 Å². The number of anilines is 2. The van der Waals surface area contributed by atoms with E-state index in [1.54, 1.807) is 6.07 Å². The number of aryl methyl sites for hydroxylation is 2. The number of nitrogens with two attached hydrogens (primary N) is 1. The van der Waals surface area contributed by atoms with Gasteiger partial charge >= 0.3 is 0 Å². The predicted molar refractivity (Wildman–Crippen MR) is 95.1 cm³/mol. The Balaban J connectivity index is 2.32. The number of nitrogens with one attached hydrogen (secondary N) is 1. The lowest BCUT2D eigenvalue weighted by Crippen LogP contribution is -2.14. The molecule has 1 amide bonds. The topological polar surface area (TPSA) is 55.1 Å². The molecule has 0 fully saturated rings. The van der Waals surface area contributed by atoms with Gasteiger partial charge in [-0.25, -0.2) is 0 Å². The van der Waals surface area contributed by atoms with Gasteiger partial charge in [-0.05, 0) is 87.8 Å². The molecule has 2 aromatic carbocycles. The van der Waals surface area contributed by atoms with Crippen LogP contribution < -0.4 is 11.1 Å². The van der Waals surface area contributed by atoms with Gasteiger partial charge in [-0.3, -0.25) is 4.79 Å². The summed E-state index contributed by atoms with van der Waals surface area (Å²) in [4.78, 5) is 12.4. The van der Waals surface area contributed by atoms with Gasteiger partial charge in [0.15, 0.2) is 0 Å². The summed E-state index contributed by atoms with van der Waals surface area (Å²) in [5.74, 6) is -0.151. The Hall–Kier alpha value is -1.08. The van der Waals surface area contributed by atoms with E-state index in [-0.39, 0.29) is 5.91 Å². The molecule has 20 heavy (non-hydrogen) atoms. The van der Waals surface area contributed by atoms with E-state index in [1.165, 1.54) is 0 Å². The van der Waals surface area contributed by atoms with Crippen molar-refractivity contribution in [2.45, 2.75) is 13.8 Å². The van der Waals surface area contributed by atoms with Gasteiger partial charge < -0.3 is 11.1 Å². The van der Waals surface area contributed by atoms with Gasteiger partial charge in [0.2, 0.25) is 0 Å². The molecule has 0 aromatic heterocycles. The van der Waals surface area contributed by atoms with Crippen LogP contribution in [0.25, 0.3) is 0 Å². The summed E-state index contributed by atoms with van der Waals surface area (Å²) in [7, 11) is 0. The summed E-state index contributed by atoms with van der Waals surface area (Å²) in [6, 6.07) is 9.41. The molecule has 0 saturated heterocycles. The Morgan fingerprint density at radius 1 is 1.20 bits per heavy atom. The third-order valence-electron chi connectivity index (χ3n) is 3.03. The fourth-order valence-electron chi connectivity index (χ4n) is 1.86. The largest absolute Gasteiger partial charge is 0.398 e. The number of benzene rings is 2. The van der Waals surface area contributed by atoms with Crippen molar-refractivity contribution in [3.8, 4) is 0 Å². The number of hydrogen-bond acceptors (Lipinski definition) is 2. The first-order valence-electron chi connectivity index (χ1n) is 6.01. The molecular weight excluding hydrogens is 431 g/mol. The van der Waals surface area contributed by atoms with Gasteiger partial charge in [0, 0.05) is 19.4 Å². The molecule has 0 unspecified atom stereocenters. The number of nitrogen functional groups attached to an aromatic ring is 1. The van der Waals surface area contributed by atoms with Crippen LogP contribution in [0.1, 0.15) is 21.5 Å². The molecule has 0 spiro atoms. The molecular formula is C15H14BrIN2O. The second kappa shape index (κ2) is 6.13. The summed E-state index contributed by atoms with van der Waals surface area (Å²) < 4.78 is 1.78. The standard InChI is InChI=1S/C15H14BrIN2O/c1-8-5-9(2)14(7-13(8)18)19-15(20)11-6-10(17)3-4-12(11)16/h3-7H,18H2,1-2H3,(H,19,20). The normalized spacial score (nSPS) is 10.4. The number of halogens is 2. The van der Waals surface area contributed by atoms with Crippen molar-refractivity contribution in [3.63, 3.8) is 0 Å². The average Bonchev–Trinajstić information content (AvgIpc) is 2.38. The minimum absolute atomic E-state index is 0.151. The van der Waals surface area contributed by atoms with E-state index in [2.05, 4.69) is 43.8 Å². The van der Waals surface area contributed by atoms with Crippen molar-refractivity contribution in [1.82, 2.24) is 0 Å². The predicted octanol–water partition coefficient (Wildman–Crippen LogP) is 4.51. The Labute approximate surface area is 140 Å². The van der Waals surface area contributed by atoms with Crippen LogP contribution in [0.3, 0.4) is 0 Å². The summed E-state index contributed by atoms with van der Waals surface area (Å²) in [5.41, 5.74) is 9.92. The van der Waals surface area contributed by atoms with E-state index in [0.29, 0.717) is 11.3 Å². The molecule has 104 valence electrons. The van der Waals surface area contributed by atoms with E-state index in [9.17, 15) is 4.79 Å². The summed E-state index contributed by atoms with van der Waals surface area (Å²) in [6.07, 6.45) is 0. The lowest BCUT2D eigenvalue weighted by atomic mass is 10.1. The summed E-state index contributed by atoms with van der Waals surface area (Å²) >= 11 is 5.58.